The summed E-state index contributed by atoms with van der Waals surface area (Å²) in [6, 6.07) is 5.86. The first-order valence-electron chi connectivity index (χ1n) is 6.39. The molecule has 0 saturated carbocycles. The molecule has 20 heavy (non-hydrogen) atoms. The zero-order valence-electron chi connectivity index (χ0n) is 11.0. The fraction of sp³-hybridized carbons (Fsp3) is 0.308. The maximum Gasteiger partial charge on any atom is 0.191 e. The van der Waals surface area contributed by atoms with Crippen molar-refractivity contribution < 1.29 is 0 Å². The van der Waals surface area contributed by atoms with E-state index in [4.69, 9.17) is 0 Å². The van der Waals surface area contributed by atoms with Crippen molar-refractivity contribution >= 4 is 29.9 Å². The predicted octanol–water partition coefficient (Wildman–Crippen LogP) is 1.32. The van der Waals surface area contributed by atoms with Crippen LogP contribution in [0.3, 0.4) is 0 Å². The van der Waals surface area contributed by atoms with Crippen LogP contribution in [0, 0.1) is 0 Å². The summed E-state index contributed by atoms with van der Waals surface area (Å²) in [6.45, 7) is 2.54. The van der Waals surface area contributed by atoms with E-state index in [0.717, 1.165) is 36.9 Å². The molecule has 6 nitrogen and oxygen atoms in total. The quantitative estimate of drug-likeness (QED) is 0.784. The fourth-order valence-corrected chi connectivity index (χ4v) is 2.00. The van der Waals surface area contributed by atoms with E-state index in [1.165, 1.54) is 0 Å². The Morgan fingerprint density at radius 2 is 2.25 bits per heavy atom. The van der Waals surface area contributed by atoms with Crippen LogP contribution >= 0.6 is 24.0 Å². The number of nitrogens with one attached hydrogen (secondary N) is 2. The molecule has 0 saturated heterocycles. The van der Waals surface area contributed by atoms with Gasteiger partial charge in [0.2, 0.25) is 0 Å². The van der Waals surface area contributed by atoms with Gasteiger partial charge in [0.25, 0.3) is 0 Å². The summed E-state index contributed by atoms with van der Waals surface area (Å²) in [5.41, 5.74) is 1.08. The molecule has 2 aromatic rings. The van der Waals surface area contributed by atoms with E-state index in [0.29, 0.717) is 6.54 Å². The van der Waals surface area contributed by atoms with Crippen LogP contribution in [-0.2, 0) is 6.54 Å². The molecule has 0 amide bonds. The first-order valence-corrected chi connectivity index (χ1v) is 6.39. The van der Waals surface area contributed by atoms with E-state index >= 15 is 0 Å². The number of guanidine groups is 1. The molecule has 0 fully saturated rings. The van der Waals surface area contributed by atoms with Crippen molar-refractivity contribution in [1.29, 1.82) is 0 Å². The Labute approximate surface area is 134 Å². The summed E-state index contributed by atoms with van der Waals surface area (Å²) >= 11 is 0. The second-order valence-electron chi connectivity index (χ2n) is 4.30. The SMILES string of the molecule is I.c1cnc(-n2cccn2)c(CNC2=NCCCN2)c1. The Morgan fingerprint density at radius 1 is 1.30 bits per heavy atom. The monoisotopic (exact) mass is 384 g/mol. The molecule has 0 unspecified atom stereocenters. The predicted molar refractivity (Wildman–Crippen MR) is 88.5 cm³/mol. The molecule has 106 valence electrons. The number of aromatic nitrogens is 3. The maximum atomic E-state index is 4.39. The molecule has 0 atom stereocenters. The fourth-order valence-electron chi connectivity index (χ4n) is 2.00. The van der Waals surface area contributed by atoms with Crippen LogP contribution < -0.4 is 10.6 Å². The molecular formula is C13H17IN6. The lowest BCUT2D eigenvalue weighted by molar-refractivity contribution is 0.698. The average molecular weight is 384 g/mol. The Bertz CT molecular complexity index is 566. The number of rotatable bonds is 3. The second kappa shape index (κ2) is 7.22. The van der Waals surface area contributed by atoms with Crippen molar-refractivity contribution in [2.75, 3.05) is 13.1 Å². The molecule has 0 aliphatic carbocycles. The van der Waals surface area contributed by atoms with Crippen molar-refractivity contribution in [1.82, 2.24) is 25.4 Å². The van der Waals surface area contributed by atoms with Crippen molar-refractivity contribution in [3.63, 3.8) is 0 Å². The highest BCUT2D eigenvalue weighted by Gasteiger charge is 2.08. The molecule has 0 radical (unpaired) electrons. The van der Waals surface area contributed by atoms with Crippen molar-refractivity contribution in [3.05, 3.63) is 42.4 Å². The molecule has 0 spiro atoms. The molecule has 7 heteroatoms. The van der Waals surface area contributed by atoms with Gasteiger partial charge < -0.3 is 10.6 Å². The van der Waals surface area contributed by atoms with Gasteiger partial charge in [-0.25, -0.2) is 9.67 Å². The number of nitrogens with zero attached hydrogens (tertiary/aromatic N) is 4. The van der Waals surface area contributed by atoms with E-state index in [1.807, 2.05) is 24.4 Å². The number of hydrogen-bond acceptors (Lipinski definition) is 5. The van der Waals surface area contributed by atoms with Gasteiger partial charge in [0, 0.05) is 43.8 Å². The molecule has 0 aromatic carbocycles. The Morgan fingerprint density at radius 3 is 3.00 bits per heavy atom. The Hall–Kier alpha value is -1.64. The summed E-state index contributed by atoms with van der Waals surface area (Å²) in [6.07, 6.45) is 6.51. The minimum atomic E-state index is 0. The van der Waals surface area contributed by atoms with E-state index < -0.39 is 0 Å². The van der Waals surface area contributed by atoms with Gasteiger partial charge in [-0.05, 0) is 18.6 Å². The number of pyridine rings is 1. The smallest absolute Gasteiger partial charge is 0.191 e. The van der Waals surface area contributed by atoms with Crippen LogP contribution in [0.1, 0.15) is 12.0 Å². The highest BCUT2D eigenvalue weighted by Crippen LogP contribution is 2.09. The zero-order valence-corrected chi connectivity index (χ0v) is 13.3. The van der Waals surface area contributed by atoms with Gasteiger partial charge in [0.05, 0.1) is 0 Å². The van der Waals surface area contributed by atoms with Crippen molar-refractivity contribution in [2.45, 2.75) is 13.0 Å². The lowest BCUT2D eigenvalue weighted by Gasteiger charge is -2.16. The molecular weight excluding hydrogens is 367 g/mol. The summed E-state index contributed by atoms with van der Waals surface area (Å²) in [4.78, 5) is 8.77. The van der Waals surface area contributed by atoms with Crippen LogP contribution in [0.25, 0.3) is 5.82 Å². The first kappa shape index (κ1) is 14.8. The largest absolute Gasteiger partial charge is 0.356 e. The topological polar surface area (TPSA) is 67.1 Å². The Balaban J connectivity index is 0.00000147. The summed E-state index contributed by atoms with van der Waals surface area (Å²) < 4.78 is 1.77. The van der Waals surface area contributed by atoms with Crippen LogP contribution in [0.4, 0.5) is 0 Å². The molecule has 0 bridgehead atoms. The highest BCUT2D eigenvalue weighted by atomic mass is 127. The first-order chi connectivity index (χ1) is 9.43. The molecule has 2 N–H and O–H groups in total. The van der Waals surface area contributed by atoms with Gasteiger partial charge in [0.1, 0.15) is 0 Å². The van der Waals surface area contributed by atoms with Crippen LogP contribution in [0.15, 0.2) is 41.8 Å². The molecule has 1 aliphatic heterocycles. The minimum Gasteiger partial charge on any atom is -0.356 e. The minimum absolute atomic E-state index is 0. The lowest BCUT2D eigenvalue weighted by Crippen LogP contribution is -2.40. The Kier molecular flexibility index (Phi) is 5.33. The van der Waals surface area contributed by atoms with E-state index in [2.05, 4.69) is 25.7 Å². The van der Waals surface area contributed by atoms with Crippen molar-refractivity contribution in [2.24, 2.45) is 4.99 Å². The third kappa shape index (κ3) is 3.47. The molecule has 2 aromatic heterocycles. The van der Waals surface area contributed by atoms with E-state index in [1.54, 1.807) is 17.1 Å². The second-order valence-corrected chi connectivity index (χ2v) is 4.30. The molecule has 3 rings (SSSR count). The van der Waals surface area contributed by atoms with Crippen LogP contribution in [0.5, 0.6) is 0 Å². The average Bonchev–Trinajstić information content (AvgIpc) is 3.01. The summed E-state index contributed by atoms with van der Waals surface area (Å²) in [5, 5.41) is 10.8. The van der Waals surface area contributed by atoms with Gasteiger partial charge in [-0.2, -0.15) is 5.10 Å². The van der Waals surface area contributed by atoms with Crippen molar-refractivity contribution in [3.8, 4) is 5.82 Å². The molecule has 1 aliphatic rings. The summed E-state index contributed by atoms with van der Waals surface area (Å²) in [5.74, 6) is 1.71. The number of aliphatic imine (C=N–C) groups is 1. The molecule has 3 heterocycles. The third-order valence-corrected chi connectivity index (χ3v) is 2.93. The third-order valence-electron chi connectivity index (χ3n) is 2.93. The maximum absolute atomic E-state index is 4.39. The van der Waals surface area contributed by atoms with Crippen LogP contribution in [-0.4, -0.2) is 33.8 Å². The van der Waals surface area contributed by atoms with Gasteiger partial charge in [-0.1, -0.05) is 6.07 Å². The zero-order chi connectivity index (χ0) is 12.9. The normalized spacial score (nSPS) is 13.9. The number of hydrogen-bond donors (Lipinski definition) is 2. The van der Waals surface area contributed by atoms with Gasteiger partial charge in [0.15, 0.2) is 11.8 Å². The number of halogens is 1. The summed E-state index contributed by atoms with van der Waals surface area (Å²) in [7, 11) is 0. The van der Waals surface area contributed by atoms with Gasteiger partial charge in [-0.15, -0.1) is 24.0 Å². The van der Waals surface area contributed by atoms with E-state index in [-0.39, 0.29) is 24.0 Å². The standard InChI is InChI=1S/C13H16N6.HI/c1-4-11(10-17-13-15-6-2-7-16-13)12(14-5-1)19-9-3-8-18-19;/h1,3-5,8-9H,2,6-7,10H2,(H2,15,16,17);1H. The lowest BCUT2D eigenvalue weighted by atomic mass is 10.2. The van der Waals surface area contributed by atoms with Gasteiger partial charge in [-0.3, -0.25) is 4.99 Å². The highest BCUT2D eigenvalue weighted by molar-refractivity contribution is 14.0. The van der Waals surface area contributed by atoms with Gasteiger partial charge >= 0.3 is 0 Å². The van der Waals surface area contributed by atoms with Crippen LogP contribution in [0.2, 0.25) is 0 Å². The van der Waals surface area contributed by atoms with E-state index in [9.17, 15) is 0 Å².